The molecule has 0 radical (unpaired) electrons. The Hall–Kier alpha value is -3.62. The van der Waals surface area contributed by atoms with E-state index in [4.69, 9.17) is 4.98 Å². The summed E-state index contributed by atoms with van der Waals surface area (Å²) in [7, 11) is 0. The van der Waals surface area contributed by atoms with Crippen LogP contribution in [0, 0.1) is 5.82 Å². The van der Waals surface area contributed by atoms with Crippen LogP contribution in [0.2, 0.25) is 0 Å². The maximum absolute atomic E-state index is 15.4. The second-order valence-corrected chi connectivity index (χ2v) is 10.3. The number of halogens is 1. The van der Waals surface area contributed by atoms with Gasteiger partial charge < -0.3 is 9.80 Å². The fourth-order valence-corrected chi connectivity index (χ4v) is 5.52. The largest absolute Gasteiger partial charge is 0.355 e. The Labute approximate surface area is 215 Å². The molecular formula is C28H33FN6O2. The number of rotatable bonds is 3. The van der Waals surface area contributed by atoms with Crippen LogP contribution in [0.4, 0.5) is 10.2 Å². The molecule has 1 fully saturated rings. The summed E-state index contributed by atoms with van der Waals surface area (Å²) in [6, 6.07) is 3.31. The zero-order chi connectivity index (χ0) is 26.3. The van der Waals surface area contributed by atoms with E-state index >= 15 is 4.39 Å². The Balaban J connectivity index is 1.77. The third-order valence-electron chi connectivity index (χ3n) is 7.43. The van der Waals surface area contributed by atoms with Gasteiger partial charge in [-0.25, -0.2) is 18.7 Å². The van der Waals surface area contributed by atoms with Crippen molar-refractivity contribution in [2.24, 2.45) is 0 Å². The molecule has 5 rings (SSSR count). The average molecular weight is 505 g/mol. The fraction of sp³-hybridized carbons (Fsp3) is 0.464. The molecule has 3 aromatic rings. The van der Waals surface area contributed by atoms with E-state index in [0.29, 0.717) is 54.3 Å². The fourth-order valence-electron chi connectivity index (χ4n) is 5.52. The van der Waals surface area contributed by atoms with Crippen molar-refractivity contribution < 1.29 is 9.18 Å². The van der Waals surface area contributed by atoms with Crippen molar-refractivity contribution in [1.29, 1.82) is 0 Å². The summed E-state index contributed by atoms with van der Waals surface area (Å²) in [6.45, 7) is 11.0. The molecule has 0 aromatic carbocycles. The summed E-state index contributed by atoms with van der Waals surface area (Å²) < 4.78 is 16.9. The van der Waals surface area contributed by atoms with Crippen molar-refractivity contribution in [3.05, 3.63) is 64.2 Å². The lowest BCUT2D eigenvalue weighted by Crippen LogP contribution is -2.54. The molecule has 1 atom stereocenters. The van der Waals surface area contributed by atoms with Crippen LogP contribution in [0.15, 0.2) is 35.8 Å². The van der Waals surface area contributed by atoms with E-state index in [9.17, 15) is 9.59 Å². The summed E-state index contributed by atoms with van der Waals surface area (Å²) in [5.41, 5.74) is 2.85. The third kappa shape index (κ3) is 4.51. The standard InChI is InChI=1S/C28H33FN6O2/c1-5-23(36)33-13-14-34(18(4)16-33)26-20-15-21(29)22-10-8-6-7-9-19-11-12-30-24(17(2)3)25(19)35(27(20)31-22)28(37)32-26/h5,11-12,15,17-18H,1,6-10,13-14,16H2,2-4H3/t18-/m0/s1. The lowest BCUT2D eigenvalue weighted by atomic mass is 9.99. The normalized spacial score (nSPS) is 18.1. The number of carbonyl (C=O) groups excluding carboxylic acids is 1. The van der Waals surface area contributed by atoms with Crippen LogP contribution < -0.4 is 10.6 Å². The maximum Gasteiger partial charge on any atom is 0.355 e. The van der Waals surface area contributed by atoms with Gasteiger partial charge in [-0.2, -0.15) is 4.98 Å². The number of aromatic nitrogens is 4. The number of pyridine rings is 2. The minimum absolute atomic E-state index is 0.0668. The lowest BCUT2D eigenvalue weighted by Gasteiger charge is -2.40. The predicted octanol–water partition coefficient (Wildman–Crippen LogP) is 3.93. The van der Waals surface area contributed by atoms with Gasteiger partial charge in [0.1, 0.15) is 11.6 Å². The Morgan fingerprint density at radius 2 is 1.97 bits per heavy atom. The molecule has 0 unspecified atom stereocenters. The Morgan fingerprint density at radius 1 is 1.19 bits per heavy atom. The van der Waals surface area contributed by atoms with Gasteiger partial charge >= 0.3 is 5.69 Å². The summed E-state index contributed by atoms with van der Waals surface area (Å²) in [4.78, 5) is 43.7. The van der Waals surface area contributed by atoms with E-state index in [2.05, 4.69) is 16.5 Å². The summed E-state index contributed by atoms with van der Waals surface area (Å²) in [6.07, 6.45) is 7.11. The van der Waals surface area contributed by atoms with E-state index < -0.39 is 5.69 Å². The highest BCUT2D eigenvalue weighted by Gasteiger charge is 2.30. The first kappa shape index (κ1) is 25.0. The molecule has 1 saturated heterocycles. The topological polar surface area (TPSA) is 84.2 Å². The first-order valence-electron chi connectivity index (χ1n) is 13.1. The SMILES string of the molecule is C=CC(=O)N1CCN(c2nc(=O)n3c4nc(c(F)cc24)CCCCCc2ccnc(C(C)C)c2-3)[C@@H](C)C1. The lowest BCUT2D eigenvalue weighted by molar-refractivity contribution is -0.126. The van der Waals surface area contributed by atoms with E-state index in [1.807, 2.05) is 31.7 Å². The number of amides is 1. The number of piperazine rings is 1. The monoisotopic (exact) mass is 504 g/mol. The highest BCUT2D eigenvalue weighted by Crippen LogP contribution is 2.32. The van der Waals surface area contributed by atoms with Crippen molar-refractivity contribution in [1.82, 2.24) is 24.4 Å². The molecule has 3 aromatic heterocycles. The molecule has 0 N–H and O–H groups in total. The first-order chi connectivity index (χ1) is 17.8. The van der Waals surface area contributed by atoms with Crippen LogP contribution in [-0.4, -0.2) is 56.0 Å². The minimum Gasteiger partial charge on any atom is -0.350 e. The minimum atomic E-state index is -0.459. The second kappa shape index (κ2) is 10.0. The number of nitrogens with zero attached hydrogens (tertiary/aromatic N) is 6. The van der Waals surface area contributed by atoms with Gasteiger partial charge in [0.15, 0.2) is 5.65 Å². The first-order valence-corrected chi connectivity index (χ1v) is 13.1. The van der Waals surface area contributed by atoms with Crippen molar-refractivity contribution in [2.45, 2.75) is 64.8 Å². The van der Waals surface area contributed by atoms with Gasteiger partial charge in [-0.15, -0.1) is 0 Å². The van der Waals surface area contributed by atoms with Crippen LogP contribution in [0.3, 0.4) is 0 Å². The van der Waals surface area contributed by atoms with Crippen LogP contribution in [0.25, 0.3) is 16.7 Å². The molecule has 37 heavy (non-hydrogen) atoms. The highest BCUT2D eigenvalue weighted by molar-refractivity contribution is 5.90. The third-order valence-corrected chi connectivity index (χ3v) is 7.43. The van der Waals surface area contributed by atoms with Crippen LogP contribution in [0.5, 0.6) is 0 Å². The molecule has 0 saturated carbocycles. The highest BCUT2D eigenvalue weighted by atomic mass is 19.1. The van der Waals surface area contributed by atoms with Gasteiger partial charge in [-0.3, -0.25) is 9.78 Å². The van der Waals surface area contributed by atoms with Gasteiger partial charge in [0, 0.05) is 31.9 Å². The molecule has 2 aliphatic heterocycles. The number of fused-ring (bicyclic) bond motifs is 3. The van der Waals surface area contributed by atoms with Crippen LogP contribution >= 0.6 is 0 Å². The zero-order valence-corrected chi connectivity index (χ0v) is 21.7. The van der Waals surface area contributed by atoms with E-state index in [1.165, 1.54) is 12.1 Å². The molecule has 2 bridgehead atoms. The molecule has 194 valence electrons. The Kier molecular flexibility index (Phi) is 6.79. The van der Waals surface area contributed by atoms with Gasteiger partial charge in [0.25, 0.3) is 0 Å². The number of aryl methyl sites for hydroxylation is 2. The van der Waals surface area contributed by atoms with Gasteiger partial charge in [-0.1, -0.05) is 26.8 Å². The van der Waals surface area contributed by atoms with Gasteiger partial charge in [-0.05, 0) is 62.3 Å². The molecule has 5 heterocycles. The van der Waals surface area contributed by atoms with Crippen molar-refractivity contribution in [2.75, 3.05) is 24.5 Å². The molecular weight excluding hydrogens is 471 g/mol. The molecule has 0 aliphatic carbocycles. The van der Waals surface area contributed by atoms with E-state index in [1.54, 1.807) is 15.7 Å². The number of hydrogen-bond donors (Lipinski definition) is 0. The summed E-state index contributed by atoms with van der Waals surface area (Å²) >= 11 is 0. The van der Waals surface area contributed by atoms with Gasteiger partial charge in [0.05, 0.1) is 22.5 Å². The number of anilines is 1. The van der Waals surface area contributed by atoms with E-state index in [-0.39, 0.29) is 23.7 Å². The molecule has 9 heteroatoms. The quantitative estimate of drug-likeness (QED) is 0.503. The maximum atomic E-state index is 15.4. The van der Waals surface area contributed by atoms with E-state index in [0.717, 1.165) is 36.9 Å². The molecule has 1 amide bonds. The summed E-state index contributed by atoms with van der Waals surface area (Å²) in [5, 5.41) is 0.486. The van der Waals surface area contributed by atoms with Crippen molar-refractivity contribution in [3.8, 4) is 5.69 Å². The Morgan fingerprint density at radius 3 is 2.70 bits per heavy atom. The molecule has 0 spiro atoms. The van der Waals surface area contributed by atoms with Crippen LogP contribution in [-0.2, 0) is 17.6 Å². The molecule has 8 nitrogen and oxygen atoms in total. The van der Waals surface area contributed by atoms with Crippen molar-refractivity contribution >= 4 is 22.8 Å². The molecule has 2 aliphatic rings. The zero-order valence-electron chi connectivity index (χ0n) is 21.7. The van der Waals surface area contributed by atoms with Gasteiger partial charge in [0.2, 0.25) is 5.91 Å². The second-order valence-electron chi connectivity index (χ2n) is 10.3. The predicted molar refractivity (Wildman–Crippen MR) is 142 cm³/mol. The average Bonchev–Trinajstić information content (AvgIpc) is 2.91. The summed E-state index contributed by atoms with van der Waals surface area (Å²) in [5.74, 6) is -0.0486. The smallest absolute Gasteiger partial charge is 0.350 e. The number of carbonyl (C=O) groups is 1. The van der Waals surface area contributed by atoms with Crippen molar-refractivity contribution in [3.63, 3.8) is 0 Å². The van der Waals surface area contributed by atoms with Crippen LogP contribution in [0.1, 0.15) is 62.9 Å². The number of hydrogen-bond acceptors (Lipinski definition) is 6. The Bertz CT molecular complexity index is 1430.